The molecule has 0 aliphatic heterocycles. The summed E-state index contributed by atoms with van der Waals surface area (Å²) in [6, 6.07) is 9.56. The normalized spacial score (nSPS) is 10.3. The summed E-state index contributed by atoms with van der Waals surface area (Å²) < 4.78 is 5.21. The number of halogens is 1. The third kappa shape index (κ3) is 4.66. The number of carbonyl (C=O) groups excluding carboxylic acids is 2. The number of esters is 1. The Kier molecular flexibility index (Phi) is 6.46. The molecule has 8 heteroatoms. The molecular formula is C18H17BrN2O5. The van der Waals surface area contributed by atoms with E-state index in [2.05, 4.69) is 21.2 Å². The van der Waals surface area contributed by atoms with Gasteiger partial charge in [-0.05, 0) is 52.5 Å². The van der Waals surface area contributed by atoms with Crippen molar-refractivity contribution in [1.29, 1.82) is 0 Å². The first-order chi connectivity index (χ1) is 12.3. The molecule has 2 aromatic rings. The molecule has 0 saturated carbocycles. The summed E-state index contributed by atoms with van der Waals surface area (Å²) in [5.74, 6) is -1.29. The number of nitro groups is 1. The smallest absolute Gasteiger partial charge is 0.338 e. The topological polar surface area (TPSA) is 98.5 Å². The van der Waals surface area contributed by atoms with Crippen molar-refractivity contribution in [1.82, 2.24) is 0 Å². The number of aryl methyl sites for hydroxylation is 2. The molecule has 0 fully saturated rings. The van der Waals surface area contributed by atoms with Crippen molar-refractivity contribution in [3.63, 3.8) is 0 Å². The number of anilines is 1. The number of carbonyl (C=O) groups is 2. The van der Waals surface area contributed by atoms with Gasteiger partial charge in [-0.25, -0.2) is 4.79 Å². The van der Waals surface area contributed by atoms with Crippen LogP contribution in [0, 0.1) is 17.0 Å². The highest BCUT2D eigenvalue weighted by atomic mass is 79.9. The summed E-state index contributed by atoms with van der Waals surface area (Å²) >= 11 is 3.04. The van der Waals surface area contributed by atoms with E-state index >= 15 is 0 Å². The Hall–Kier alpha value is -2.74. The average molecular weight is 421 g/mol. The number of nitrogens with zero attached hydrogens (tertiary/aromatic N) is 1. The Morgan fingerprint density at radius 1 is 1.27 bits per heavy atom. The van der Waals surface area contributed by atoms with Crippen molar-refractivity contribution in [2.24, 2.45) is 0 Å². The van der Waals surface area contributed by atoms with Gasteiger partial charge < -0.3 is 10.1 Å². The van der Waals surface area contributed by atoms with Gasteiger partial charge >= 0.3 is 5.97 Å². The van der Waals surface area contributed by atoms with Gasteiger partial charge in [0.25, 0.3) is 11.6 Å². The molecule has 0 bridgehead atoms. The maximum atomic E-state index is 12.1. The molecular weight excluding hydrogens is 404 g/mol. The first-order valence-electron chi connectivity index (χ1n) is 7.83. The van der Waals surface area contributed by atoms with Crippen LogP contribution in [0.15, 0.2) is 40.9 Å². The number of nitrogens with one attached hydrogen (secondary N) is 1. The Balaban J connectivity index is 2.03. The molecule has 0 radical (unpaired) electrons. The molecule has 136 valence electrons. The van der Waals surface area contributed by atoms with E-state index in [4.69, 9.17) is 4.74 Å². The Morgan fingerprint density at radius 3 is 2.65 bits per heavy atom. The summed E-state index contributed by atoms with van der Waals surface area (Å²) in [4.78, 5) is 34.4. The monoisotopic (exact) mass is 420 g/mol. The van der Waals surface area contributed by atoms with E-state index in [0.29, 0.717) is 5.69 Å². The number of amides is 1. The standard InChI is InChI=1S/C18H17BrN2O5/c1-3-12-6-4-5-11(2)17(12)20-16(22)10-26-18(23)13-7-8-14(19)15(9-13)21(24)25/h4-9H,3,10H2,1-2H3,(H,20,22). The van der Waals surface area contributed by atoms with Gasteiger partial charge in [-0.3, -0.25) is 14.9 Å². The second-order valence-corrected chi connectivity index (χ2v) is 6.36. The minimum absolute atomic E-state index is 0.00200. The summed E-state index contributed by atoms with van der Waals surface area (Å²) in [5.41, 5.74) is 2.34. The molecule has 0 aliphatic rings. The highest BCUT2D eigenvalue weighted by molar-refractivity contribution is 9.10. The molecule has 0 aliphatic carbocycles. The SMILES string of the molecule is CCc1cccc(C)c1NC(=O)COC(=O)c1ccc(Br)c([N+](=O)[O-])c1. The van der Waals surface area contributed by atoms with E-state index in [0.717, 1.165) is 23.6 Å². The first kappa shape index (κ1) is 19.6. The van der Waals surface area contributed by atoms with E-state index in [1.54, 1.807) is 0 Å². The van der Waals surface area contributed by atoms with Crippen molar-refractivity contribution in [3.8, 4) is 0 Å². The van der Waals surface area contributed by atoms with E-state index in [9.17, 15) is 19.7 Å². The molecule has 2 rings (SSSR count). The zero-order valence-electron chi connectivity index (χ0n) is 14.2. The number of nitro benzene ring substituents is 1. The Labute approximate surface area is 158 Å². The van der Waals surface area contributed by atoms with Crippen molar-refractivity contribution < 1.29 is 19.2 Å². The highest BCUT2D eigenvalue weighted by Crippen LogP contribution is 2.26. The Bertz CT molecular complexity index is 867. The fourth-order valence-corrected chi connectivity index (χ4v) is 2.76. The number of para-hydroxylation sites is 1. The molecule has 0 aromatic heterocycles. The fraction of sp³-hybridized carbons (Fsp3) is 0.222. The van der Waals surface area contributed by atoms with Gasteiger partial charge in [0.15, 0.2) is 6.61 Å². The van der Waals surface area contributed by atoms with Gasteiger partial charge in [0.1, 0.15) is 0 Å². The summed E-state index contributed by atoms with van der Waals surface area (Å²) in [6.07, 6.45) is 0.750. The van der Waals surface area contributed by atoms with Gasteiger partial charge in [0.05, 0.1) is 15.0 Å². The average Bonchev–Trinajstić information content (AvgIpc) is 2.61. The second-order valence-electron chi connectivity index (χ2n) is 5.51. The quantitative estimate of drug-likeness (QED) is 0.432. The Morgan fingerprint density at radius 2 is 2.00 bits per heavy atom. The molecule has 0 spiro atoms. The van der Waals surface area contributed by atoms with Crippen LogP contribution in [0.4, 0.5) is 11.4 Å². The molecule has 0 unspecified atom stereocenters. The molecule has 26 heavy (non-hydrogen) atoms. The molecule has 7 nitrogen and oxygen atoms in total. The predicted octanol–water partition coefficient (Wildman–Crippen LogP) is 4.02. The number of hydrogen-bond acceptors (Lipinski definition) is 5. The van der Waals surface area contributed by atoms with E-state index in [1.165, 1.54) is 12.1 Å². The van der Waals surface area contributed by atoms with E-state index < -0.39 is 23.4 Å². The van der Waals surface area contributed by atoms with Crippen molar-refractivity contribution >= 4 is 39.2 Å². The molecule has 0 atom stereocenters. The van der Waals surface area contributed by atoms with Crippen LogP contribution in [0.25, 0.3) is 0 Å². The fourth-order valence-electron chi connectivity index (χ4n) is 2.37. The van der Waals surface area contributed by atoms with Gasteiger partial charge in [-0.2, -0.15) is 0 Å². The number of rotatable bonds is 6. The molecule has 0 saturated heterocycles. The zero-order chi connectivity index (χ0) is 19.3. The number of hydrogen-bond donors (Lipinski definition) is 1. The van der Waals surface area contributed by atoms with Crippen LogP contribution in [0.3, 0.4) is 0 Å². The van der Waals surface area contributed by atoms with Crippen LogP contribution in [0.5, 0.6) is 0 Å². The third-order valence-electron chi connectivity index (χ3n) is 3.72. The predicted molar refractivity (Wildman–Crippen MR) is 100 cm³/mol. The largest absolute Gasteiger partial charge is 0.452 e. The maximum Gasteiger partial charge on any atom is 0.338 e. The van der Waals surface area contributed by atoms with Gasteiger partial charge in [0, 0.05) is 11.8 Å². The van der Waals surface area contributed by atoms with Crippen LogP contribution in [0.2, 0.25) is 0 Å². The second kappa shape index (κ2) is 8.57. The van der Waals surface area contributed by atoms with E-state index in [-0.39, 0.29) is 15.7 Å². The van der Waals surface area contributed by atoms with Crippen LogP contribution >= 0.6 is 15.9 Å². The summed E-state index contributed by atoms with van der Waals surface area (Å²) in [7, 11) is 0. The minimum atomic E-state index is -0.809. The maximum absolute atomic E-state index is 12.1. The van der Waals surface area contributed by atoms with Crippen LogP contribution in [0.1, 0.15) is 28.4 Å². The first-order valence-corrected chi connectivity index (χ1v) is 8.62. The summed E-state index contributed by atoms with van der Waals surface area (Å²) in [5, 5.41) is 13.7. The van der Waals surface area contributed by atoms with Crippen LogP contribution in [-0.2, 0) is 16.0 Å². The molecule has 1 N–H and O–H groups in total. The summed E-state index contributed by atoms with van der Waals surface area (Å²) in [6.45, 7) is 3.37. The van der Waals surface area contributed by atoms with Crippen molar-refractivity contribution in [2.45, 2.75) is 20.3 Å². The van der Waals surface area contributed by atoms with Crippen LogP contribution in [-0.4, -0.2) is 23.4 Å². The highest BCUT2D eigenvalue weighted by Gasteiger charge is 2.18. The lowest BCUT2D eigenvalue weighted by Crippen LogP contribution is -2.22. The van der Waals surface area contributed by atoms with Crippen LogP contribution < -0.4 is 5.32 Å². The number of ether oxygens (including phenoxy) is 1. The molecule has 0 heterocycles. The van der Waals surface area contributed by atoms with Gasteiger partial charge in [0.2, 0.25) is 0 Å². The lowest BCUT2D eigenvalue weighted by molar-refractivity contribution is -0.385. The van der Waals surface area contributed by atoms with Gasteiger partial charge in [-0.15, -0.1) is 0 Å². The van der Waals surface area contributed by atoms with Crippen molar-refractivity contribution in [3.05, 3.63) is 67.7 Å². The molecule has 2 aromatic carbocycles. The lowest BCUT2D eigenvalue weighted by atomic mass is 10.1. The molecule has 1 amide bonds. The lowest BCUT2D eigenvalue weighted by Gasteiger charge is -2.13. The zero-order valence-corrected chi connectivity index (χ0v) is 15.8. The minimum Gasteiger partial charge on any atom is -0.452 e. The van der Waals surface area contributed by atoms with Crippen molar-refractivity contribution in [2.75, 3.05) is 11.9 Å². The van der Waals surface area contributed by atoms with E-state index in [1.807, 2.05) is 32.0 Å². The third-order valence-corrected chi connectivity index (χ3v) is 4.39. The van der Waals surface area contributed by atoms with Gasteiger partial charge in [-0.1, -0.05) is 25.1 Å². The number of benzene rings is 2.